The van der Waals surface area contributed by atoms with E-state index in [1.165, 1.54) is 18.0 Å². The topological polar surface area (TPSA) is 40.5 Å². The third-order valence-corrected chi connectivity index (χ3v) is 2.24. The van der Waals surface area contributed by atoms with Crippen molar-refractivity contribution in [3.8, 4) is 5.75 Å². The molecule has 3 nitrogen and oxygen atoms in total. The Balaban J connectivity index is 3.14. The van der Waals surface area contributed by atoms with Crippen molar-refractivity contribution in [2.75, 3.05) is 4.90 Å². The van der Waals surface area contributed by atoms with E-state index in [9.17, 15) is 9.90 Å². The highest BCUT2D eigenvalue weighted by Gasteiger charge is 2.09. The molecule has 1 rings (SSSR count). The SMILES string of the molecule is C=CN(C(C)=O)c1ccc(O)c(CC)c1. The minimum Gasteiger partial charge on any atom is -0.508 e. The van der Waals surface area contributed by atoms with Crippen LogP contribution in [0.15, 0.2) is 31.0 Å². The van der Waals surface area contributed by atoms with E-state index in [2.05, 4.69) is 6.58 Å². The number of nitrogens with zero attached hydrogens (tertiary/aromatic N) is 1. The van der Waals surface area contributed by atoms with E-state index in [-0.39, 0.29) is 11.7 Å². The number of carbonyl (C=O) groups is 1. The highest BCUT2D eigenvalue weighted by molar-refractivity contribution is 5.93. The van der Waals surface area contributed by atoms with E-state index in [1.54, 1.807) is 18.2 Å². The molecule has 3 heteroatoms. The molecular weight excluding hydrogens is 190 g/mol. The van der Waals surface area contributed by atoms with Gasteiger partial charge in [-0.1, -0.05) is 13.5 Å². The van der Waals surface area contributed by atoms with Gasteiger partial charge >= 0.3 is 0 Å². The van der Waals surface area contributed by atoms with Gasteiger partial charge < -0.3 is 5.11 Å². The number of aromatic hydroxyl groups is 1. The Morgan fingerprint density at radius 3 is 2.73 bits per heavy atom. The second kappa shape index (κ2) is 4.64. The third kappa shape index (κ3) is 2.37. The molecule has 0 aliphatic carbocycles. The Kier molecular flexibility index (Phi) is 3.50. The highest BCUT2D eigenvalue weighted by Crippen LogP contribution is 2.24. The molecule has 0 radical (unpaired) electrons. The Hall–Kier alpha value is -1.77. The molecule has 1 amide bonds. The molecule has 1 aromatic rings. The maximum Gasteiger partial charge on any atom is 0.227 e. The molecule has 0 fully saturated rings. The summed E-state index contributed by atoms with van der Waals surface area (Å²) in [6.45, 7) is 7.00. The van der Waals surface area contributed by atoms with Crippen molar-refractivity contribution in [3.63, 3.8) is 0 Å². The molecular formula is C12H15NO2. The monoisotopic (exact) mass is 205 g/mol. The van der Waals surface area contributed by atoms with Gasteiger partial charge in [0.05, 0.1) is 0 Å². The fourth-order valence-corrected chi connectivity index (χ4v) is 1.42. The lowest BCUT2D eigenvalue weighted by Gasteiger charge is -2.17. The number of anilines is 1. The summed E-state index contributed by atoms with van der Waals surface area (Å²) < 4.78 is 0. The van der Waals surface area contributed by atoms with Crippen molar-refractivity contribution in [3.05, 3.63) is 36.5 Å². The lowest BCUT2D eigenvalue weighted by atomic mass is 10.1. The number of rotatable bonds is 3. The average Bonchev–Trinajstić information content (AvgIpc) is 2.21. The zero-order chi connectivity index (χ0) is 11.4. The first-order valence-corrected chi connectivity index (χ1v) is 4.84. The summed E-state index contributed by atoms with van der Waals surface area (Å²) in [5.41, 5.74) is 1.55. The number of benzene rings is 1. The van der Waals surface area contributed by atoms with Crippen molar-refractivity contribution >= 4 is 11.6 Å². The third-order valence-electron chi connectivity index (χ3n) is 2.24. The molecule has 0 bridgehead atoms. The zero-order valence-corrected chi connectivity index (χ0v) is 9.03. The van der Waals surface area contributed by atoms with Gasteiger partial charge in [0.25, 0.3) is 0 Å². The molecule has 1 N–H and O–H groups in total. The molecule has 0 aromatic heterocycles. The van der Waals surface area contributed by atoms with Crippen LogP contribution >= 0.6 is 0 Å². The van der Waals surface area contributed by atoms with E-state index in [1.807, 2.05) is 6.92 Å². The summed E-state index contributed by atoms with van der Waals surface area (Å²) in [5.74, 6) is 0.159. The quantitative estimate of drug-likeness (QED) is 0.823. The number of amides is 1. The summed E-state index contributed by atoms with van der Waals surface area (Å²) in [7, 11) is 0. The van der Waals surface area contributed by atoms with Crippen LogP contribution in [0, 0.1) is 0 Å². The average molecular weight is 205 g/mol. The summed E-state index contributed by atoms with van der Waals surface area (Å²) in [4.78, 5) is 12.7. The van der Waals surface area contributed by atoms with Crippen LogP contribution in [0.3, 0.4) is 0 Å². The summed E-state index contributed by atoms with van der Waals surface area (Å²) >= 11 is 0. The predicted molar refractivity (Wildman–Crippen MR) is 60.8 cm³/mol. The van der Waals surface area contributed by atoms with Crippen LogP contribution in [0.1, 0.15) is 19.4 Å². The minimum atomic E-state index is -0.0993. The first-order valence-electron chi connectivity index (χ1n) is 4.84. The molecule has 80 valence electrons. The molecule has 0 saturated heterocycles. The standard InChI is InChI=1S/C12H15NO2/c1-4-10-8-11(6-7-12(10)15)13(5-2)9(3)14/h5-8,15H,2,4H2,1,3H3. The molecule has 0 aliphatic heterocycles. The van der Waals surface area contributed by atoms with E-state index in [0.717, 1.165) is 17.7 Å². The highest BCUT2D eigenvalue weighted by atomic mass is 16.3. The fourth-order valence-electron chi connectivity index (χ4n) is 1.42. The van der Waals surface area contributed by atoms with Crippen molar-refractivity contribution in [2.45, 2.75) is 20.3 Å². The number of hydrogen-bond donors (Lipinski definition) is 1. The first kappa shape index (κ1) is 11.3. The summed E-state index contributed by atoms with van der Waals surface area (Å²) in [6.07, 6.45) is 2.19. The number of aryl methyl sites for hydroxylation is 1. The second-order valence-corrected chi connectivity index (χ2v) is 3.24. The number of hydrogen-bond acceptors (Lipinski definition) is 2. The zero-order valence-electron chi connectivity index (χ0n) is 9.03. The van der Waals surface area contributed by atoms with E-state index in [4.69, 9.17) is 0 Å². The normalized spacial score (nSPS) is 9.73. The number of carbonyl (C=O) groups excluding carboxylic acids is 1. The predicted octanol–water partition coefficient (Wildman–Crippen LogP) is 2.45. The van der Waals surface area contributed by atoms with Gasteiger partial charge in [0.15, 0.2) is 0 Å². The van der Waals surface area contributed by atoms with Gasteiger partial charge in [-0.2, -0.15) is 0 Å². The van der Waals surface area contributed by atoms with Crippen LogP contribution in [0.4, 0.5) is 5.69 Å². The molecule has 15 heavy (non-hydrogen) atoms. The van der Waals surface area contributed by atoms with Crippen LogP contribution in [0.2, 0.25) is 0 Å². The van der Waals surface area contributed by atoms with Crippen LogP contribution in [-0.4, -0.2) is 11.0 Å². The van der Waals surface area contributed by atoms with Gasteiger partial charge in [-0.05, 0) is 30.2 Å². The smallest absolute Gasteiger partial charge is 0.227 e. The Morgan fingerprint density at radius 2 is 2.27 bits per heavy atom. The maximum absolute atomic E-state index is 11.3. The first-order chi connectivity index (χ1) is 7.10. The second-order valence-electron chi connectivity index (χ2n) is 3.24. The summed E-state index contributed by atoms with van der Waals surface area (Å²) in [5, 5.41) is 9.50. The van der Waals surface area contributed by atoms with E-state index >= 15 is 0 Å². The van der Waals surface area contributed by atoms with Crippen molar-refractivity contribution < 1.29 is 9.90 Å². The summed E-state index contributed by atoms with van der Waals surface area (Å²) in [6, 6.07) is 5.07. The number of phenolic OH excluding ortho intramolecular Hbond substituents is 1. The van der Waals surface area contributed by atoms with Gasteiger partial charge in [-0.15, -0.1) is 0 Å². The van der Waals surface area contributed by atoms with E-state index in [0.29, 0.717) is 0 Å². The molecule has 0 aliphatic rings. The molecule has 0 heterocycles. The molecule has 0 unspecified atom stereocenters. The van der Waals surface area contributed by atoms with Crippen LogP contribution in [0.25, 0.3) is 0 Å². The van der Waals surface area contributed by atoms with Gasteiger partial charge in [0.2, 0.25) is 5.91 Å². The van der Waals surface area contributed by atoms with Crippen molar-refractivity contribution in [1.29, 1.82) is 0 Å². The molecule has 0 atom stereocenters. The lowest BCUT2D eigenvalue weighted by Crippen LogP contribution is -2.21. The van der Waals surface area contributed by atoms with Gasteiger partial charge in [0.1, 0.15) is 5.75 Å². The molecule has 1 aromatic carbocycles. The van der Waals surface area contributed by atoms with Gasteiger partial charge in [0, 0.05) is 18.8 Å². The van der Waals surface area contributed by atoms with Crippen molar-refractivity contribution in [1.82, 2.24) is 0 Å². The van der Waals surface area contributed by atoms with E-state index < -0.39 is 0 Å². The fraction of sp³-hybridized carbons (Fsp3) is 0.250. The van der Waals surface area contributed by atoms with Gasteiger partial charge in [-0.25, -0.2) is 0 Å². The molecule has 0 saturated carbocycles. The maximum atomic E-state index is 11.3. The number of phenols is 1. The Labute approximate surface area is 89.6 Å². The molecule has 0 spiro atoms. The minimum absolute atomic E-state index is 0.0993. The van der Waals surface area contributed by atoms with Gasteiger partial charge in [-0.3, -0.25) is 9.69 Å². The van der Waals surface area contributed by atoms with Crippen molar-refractivity contribution in [2.24, 2.45) is 0 Å². The van der Waals surface area contributed by atoms with Crippen LogP contribution in [0.5, 0.6) is 5.75 Å². The Bertz CT molecular complexity index is 385. The Morgan fingerprint density at radius 1 is 1.60 bits per heavy atom. The van der Waals surface area contributed by atoms with Crippen LogP contribution < -0.4 is 4.90 Å². The lowest BCUT2D eigenvalue weighted by molar-refractivity contribution is -0.115. The van der Waals surface area contributed by atoms with Crippen LogP contribution in [-0.2, 0) is 11.2 Å². The largest absolute Gasteiger partial charge is 0.508 e.